The molecule has 3 aromatic rings. The molecule has 3 rings (SSSR count). The molecule has 1 heterocycles. The van der Waals surface area contributed by atoms with Crippen LogP contribution in [0.2, 0.25) is 0 Å². The normalized spacial score (nSPS) is 11.0. The Morgan fingerprint density at radius 1 is 1.19 bits per heavy atom. The van der Waals surface area contributed by atoms with Crippen LogP contribution in [0.4, 0.5) is 8.78 Å². The third-order valence-corrected chi connectivity index (χ3v) is 3.57. The summed E-state index contributed by atoms with van der Waals surface area (Å²) in [7, 11) is 1.54. The first kappa shape index (κ1) is 13.8. The second-order valence-corrected chi connectivity index (χ2v) is 5.11. The highest BCUT2D eigenvalue weighted by Gasteiger charge is 2.15. The van der Waals surface area contributed by atoms with E-state index in [4.69, 9.17) is 17.0 Å². The first-order valence-corrected chi connectivity index (χ1v) is 6.67. The van der Waals surface area contributed by atoms with Crippen molar-refractivity contribution in [2.24, 2.45) is 0 Å². The van der Waals surface area contributed by atoms with Gasteiger partial charge in [-0.15, -0.1) is 0 Å². The largest absolute Gasteiger partial charge is 0.495 e. The number of hydrogen-bond acceptors (Lipinski definition) is 2. The van der Waals surface area contributed by atoms with Crippen LogP contribution in [0.3, 0.4) is 0 Å². The predicted molar refractivity (Wildman–Crippen MR) is 79.7 cm³/mol. The molecule has 0 spiro atoms. The van der Waals surface area contributed by atoms with Gasteiger partial charge < -0.3 is 9.72 Å². The first-order chi connectivity index (χ1) is 10.0. The van der Waals surface area contributed by atoms with Crippen LogP contribution in [0, 0.1) is 23.3 Å². The molecule has 0 aliphatic rings. The van der Waals surface area contributed by atoms with Gasteiger partial charge in [-0.3, -0.25) is 4.57 Å². The van der Waals surface area contributed by atoms with E-state index in [0.29, 0.717) is 17.0 Å². The summed E-state index contributed by atoms with van der Waals surface area (Å²) in [5.41, 5.74) is 2.13. The summed E-state index contributed by atoms with van der Waals surface area (Å²) in [6.45, 7) is 1.92. The number of ether oxygens (including phenoxy) is 1. The number of halogens is 2. The number of rotatable bonds is 2. The van der Waals surface area contributed by atoms with E-state index in [1.54, 1.807) is 10.6 Å². The molecule has 1 N–H and O–H groups in total. The lowest BCUT2D eigenvalue weighted by Crippen LogP contribution is -1.99. The molecule has 0 atom stereocenters. The molecule has 1 aromatic heterocycles. The van der Waals surface area contributed by atoms with E-state index in [1.165, 1.54) is 13.2 Å². The number of aromatic nitrogens is 2. The molecule has 108 valence electrons. The smallest absolute Gasteiger partial charge is 0.182 e. The lowest BCUT2D eigenvalue weighted by molar-refractivity contribution is 0.413. The Morgan fingerprint density at radius 3 is 2.67 bits per heavy atom. The molecule has 6 heteroatoms. The number of benzene rings is 2. The number of methoxy groups -OCH3 is 1. The van der Waals surface area contributed by atoms with Gasteiger partial charge in [-0.1, -0.05) is 6.07 Å². The van der Waals surface area contributed by atoms with E-state index in [9.17, 15) is 8.78 Å². The molecule has 0 bridgehead atoms. The highest BCUT2D eigenvalue weighted by atomic mass is 32.1. The van der Waals surface area contributed by atoms with Crippen LogP contribution >= 0.6 is 12.2 Å². The second-order valence-electron chi connectivity index (χ2n) is 4.72. The lowest BCUT2D eigenvalue weighted by atomic mass is 10.2. The van der Waals surface area contributed by atoms with Crippen molar-refractivity contribution in [1.82, 2.24) is 9.55 Å². The molecule has 0 saturated heterocycles. The number of aromatic amines is 1. The fraction of sp³-hybridized carbons (Fsp3) is 0.133. The summed E-state index contributed by atoms with van der Waals surface area (Å²) in [5, 5.41) is 0. The first-order valence-electron chi connectivity index (χ1n) is 6.26. The Bertz CT molecular complexity index is 899. The third-order valence-electron chi connectivity index (χ3n) is 3.29. The molecular weight excluding hydrogens is 294 g/mol. The van der Waals surface area contributed by atoms with Crippen molar-refractivity contribution in [3.8, 4) is 11.4 Å². The van der Waals surface area contributed by atoms with Crippen LogP contribution in [0.25, 0.3) is 16.7 Å². The maximum atomic E-state index is 13.9. The minimum Gasteiger partial charge on any atom is -0.495 e. The van der Waals surface area contributed by atoms with Crippen LogP contribution in [0.15, 0.2) is 30.3 Å². The van der Waals surface area contributed by atoms with Gasteiger partial charge in [0, 0.05) is 12.1 Å². The number of imidazole rings is 1. The van der Waals surface area contributed by atoms with Crippen molar-refractivity contribution in [2.45, 2.75) is 6.92 Å². The molecule has 21 heavy (non-hydrogen) atoms. The average molecular weight is 306 g/mol. The molecule has 0 amide bonds. The SMILES string of the molecule is COc1ccc(C)cc1-n1c(=S)[nH]c2c(F)cc(F)cc21. The molecule has 0 saturated carbocycles. The number of fused-ring (bicyclic) bond motifs is 1. The van der Waals surface area contributed by atoms with Crippen LogP contribution in [-0.4, -0.2) is 16.7 Å². The van der Waals surface area contributed by atoms with Gasteiger partial charge >= 0.3 is 0 Å². The molecule has 0 fully saturated rings. The zero-order chi connectivity index (χ0) is 15.1. The number of hydrogen-bond donors (Lipinski definition) is 1. The number of nitrogens with one attached hydrogen (secondary N) is 1. The van der Waals surface area contributed by atoms with Gasteiger partial charge in [0.15, 0.2) is 10.6 Å². The maximum Gasteiger partial charge on any atom is 0.182 e. The van der Waals surface area contributed by atoms with Gasteiger partial charge in [-0.25, -0.2) is 8.78 Å². The Hall–Kier alpha value is -2.21. The summed E-state index contributed by atoms with van der Waals surface area (Å²) in [6.07, 6.45) is 0. The minimum atomic E-state index is -0.679. The van der Waals surface area contributed by atoms with Gasteiger partial charge in [-0.2, -0.15) is 0 Å². The summed E-state index contributed by atoms with van der Waals surface area (Å²) >= 11 is 5.25. The minimum absolute atomic E-state index is 0.171. The summed E-state index contributed by atoms with van der Waals surface area (Å²) in [5.74, 6) is -0.766. The van der Waals surface area contributed by atoms with Crippen LogP contribution in [0.1, 0.15) is 5.56 Å². The summed E-state index contributed by atoms with van der Waals surface area (Å²) in [6, 6.07) is 7.60. The second kappa shape index (κ2) is 4.96. The van der Waals surface area contributed by atoms with Crippen molar-refractivity contribution < 1.29 is 13.5 Å². The average Bonchev–Trinajstić information content (AvgIpc) is 2.75. The Labute approximate surface area is 124 Å². The third kappa shape index (κ3) is 2.21. The molecule has 2 aromatic carbocycles. The van der Waals surface area contributed by atoms with E-state index >= 15 is 0 Å². The molecule has 0 unspecified atom stereocenters. The lowest BCUT2D eigenvalue weighted by Gasteiger charge is -2.11. The van der Waals surface area contributed by atoms with E-state index in [1.807, 2.05) is 19.1 Å². The van der Waals surface area contributed by atoms with E-state index in [2.05, 4.69) is 4.98 Å². The highest BCUT2D eigenvalue weighted by Crippen LogP contribution is 2.29. The number of nitrogens with zero attached hydrogens (tertiary/aromatic N) is 1. The molecule has 0 aliphatic carbocycles. The fourth-order valence-electron chi connectivity index (χ4n) is 2.35. The molecule has 0 aliphatic heterocycles. The highest BCUT2D eigenvalue weighted by molar-refractivity contribution is 7.71. The van der Waals surface area contributed by atoms with Gasteiger partial charge in [-0.05, 0) is 36.8 Å². The standard InChI is InChI=1S/C15H12F2N2OS/c1-8-3-4-13(20-2)11(5-8)19-12-7-9(16)6-10(17)14(12)18-15(19)21/h3-7H,1-2H3,(H,18,21). The molecule has 3 nitrogen and oxygen atoms in total. The topological polar surface area (TPSA) is 29.9 Å². The van der Waals surface area contributed by atoms with Gasteiger partial charge in [0.25, 0.3) is 0 Å². The van der Waals surface area contributed by atoms with Gasteiger partial charge in [0.05, 0.1) is 18.3 Å². The number of H-pyrrole nitrogens is 1. The maximum absolute atomic E-state index is 13.9. The van der Waals surface area contributed by atoms with Crippen molar-refractivity contribution >= 4 is 23.3 Å². The molecular formula is C15H12F2N2OS. The summed E-state index contributed by atoms with van der Waals surface area (Å²) in [4.78, 5) is 2.77. The van der Waals surface area contributed by atoms with E-state index in [-0.39, 0.29) is 10.3 Å². The zero-order valence-corrected chi connectivity index (χ0v) is 12.2. The van der Waals surface area contributed by atoms with E-state index < -0.39 is 11.6 Å². The quantitative estimate of drug-likeness (QED) is 0.716. The fourth-order valence-corrected chi connectivity index (χ4v) is 2.65. The zero-order valence-electron chi connectivity index (χ0n) is 11.4. The molecule has 0 radical (unpaired) electrons. The van der Waals surface area contributed by atoms with Crippen LogP contribution in [0.5, 0.6) is 5.75 Å². The monoisotopic (exact) mass is 306 g/mol. The Balaban J connectivity index is 2.43. The van der Waals surface area contributed by atoms with Gasteiger partial charge in [0.2, 0.25) is 0 Å². The van der Waals surface area contributed by atoms with E-state index in [0.717, 1.165) is 11.6 Å². The van der Waals surface area contributed by atoms with Crippen molar-refractivity contribution in [3.63, 3.8) is 0 Å². The Kier molecular flexibility index (Phi) is 3.25. The van der Waals surface area contributed by atoms with Crippen molar-refractivity contribution in [2.75, 3.05) is 7.11 Å². The van der Waals surface area contributed by atoms with Gasteiger partial charge in [0.1, 0.15) is 17.1 Å². The summed E-state index contributed by atoms with van der Waals surface area (Å²) < 4.78 is 34.6. The Morgan fingerprint density at radius 2 is 1.95 bits per heavy atom. The van der Waals surface area contributed by atoms with Crippen LogP contribution < -0.4 is 4.74 Å². The number of aryl methyl sites for hydroxylation is 1. The predicted octanol–water partition coefficient (Wildman–Crippen LogP) is 4.28. The van der Waals surface area contributed by atoms with Crippen molar-refractivity contribution in [1.29, 1.82) is 0 Å². The van der Waals surface area contributed by atoms with Crippen molar-refractivity contribution in [3.05, 3.63) is 52.3 Å². The van der Waals surface area contributed by atoms with Crippen LogP contribution in [-0.2, 0) is 0 Å².